The first-order chi connectivity index (χ1) is 11.4. The van der Waals surface area contributed by atoms with Crippen LogP contribution in [0.15, 0.2) is 42.5 Å². The summed E-state index contributed by atoms with van der Waals surface area (Å²) in [5, 5.41) is 0. The van der Waals surface area contributed by atoms with Crippen molar-refractivity contribution in [2.24, 2.45) is 0 Å². The van der Waals surface area contributed by atoms with Crippen LogP contribution >= 0.6 is 0 Å². The van der Waals surface area contributed by atoms with Gasteiger partial charge in [0, 0.05) is 6.04 Å². The quantitative estimate of drug-likeness (QED) is 0.903. The summed E-state index contributed by atoms with van der Waals surface area (Å²) >= 11 is 0. The summed E-state index contributed by atoms with van der Waals surface area (Å²) in [5.74, 6) is 1.32. The monoisotopic (exact) mass is 347 g/mol. The van der Waals surface area contributed by atoms with E-state index in [-0.39, 0.29) is 11.8 Å². The highest BCUT2D eigenvalue weighted by Crippen LogP contribution is 2.32. The van der Waals surface area contributed by atoms with E-state index in [9.17, 15) is 8.42 Å². The average Bonchev–Trinajstić information content (AvgIpc) is 2.56. The molecule has 3 rings (SSSR count). The molecule has 2 aromatic carbocycles. The fourth-order valence-corrected chi connectivity index (χ4v) is 4.18. The van der Waals surface area contributed by atoms with E-state index in [4.69, 9.17) is 9.47 Å². The Hall–Kier alpha value is -2.05. The van der Waals surface area contributed by atoms with Crippen molar-refractivity contribution in [3.63, 3.8) is 0 Å². The van der Waals surface area contributed by atoms with E-state index in [1.165, 1.54) is 0 Å². The summed E-state index contributed by atoms with van der Waals surface area (Å²) in [7, 11) is -3.45. The maximum atomic E-state index is 12.5. The Morgan fingerprint density at radius 3 is 2.54 bits per heavy atom. The molecule has 24 heavy (non-hydrogen) atoms. The summed E-state index contributed by atoms with van der Waals surface area (Å²) < 4.78 is 38.7. The Balaban J connectivity index is 1.74. The molecule has 128 valence electrons. The molecule has 1 aliphatic heterocycles. The van der Waals surface area contributed by atoms with Crippen LogP contribution in [0.5, 0.6) is 11.5 Å². The van der Waals surface area contributed by atoms with Gasteiger partial charge < -0.3 is 9.47 Å². The first-order valence-electron chi connectivity index (χ1n) is 7.89. The van der Waals surface area contributed by atoms with Crippen molar-refractivity contribution in [1.29, 1.82) is 0 Å². The highest BCUT2D eigenvalue weighted by molar-refractivity contribution is 7.88. The Morgan fingerprint density at radius 2 is 1.79 bits per heavy atom. The molecular formula is C18H21NO4S. The van der Waals surface area contributed by atoms with Gasteiger partial charge in [-0.1, -0.05) is 30.3 Å². The van der Waals surface area contributed by atoms with E-state index in [1.54, 1.807) is 0 Å². The number of ether oxygens (including phenoxy) is 2. The van der Waals surface area contributed by atoms with E-state index in [0.29, 0.717) is 24.7 Å². The third kappa shape index (κ3) is 3.88. The number of sulfonamides is 1. The fourth-order valence-electron chi connectivity index (χ4n) is 2.69. The molecule has 0 spiro atoms. The van der Waals surface area contributed by atoms with Crippen molar-refractivity contribution in [3.8, 4) is 11.5 Å². The van der Waals surface area contributed by atoms with Crippen molar-refractivity contribution in [2.45, 2.75) is 25.6 Å². The van der Waals surface area contributed by atoms with Crippen LogP contribution in [-0.2, 0) is 15.8 Å². The molecular weight excluding hydrogens is 326 g/mol. The first kappa shape index (κ1) is 16.8. The molecule has 0 radical (unpaired) electrons. The van der Waals surface area contributed by atoms with Gasteiger partial charge in [0.2, 0.25) is 10.0 Å². The molecule has 0 saturated carbocycles. The second-order valence-electron chi connectivity index (χ2n) is 5.93. The molecule has 1 N–H and O–H groups in total. The molecule has 0 aromatic heterocycles. The highest BCUT2D eigenvalue weighted by Gasteiger charge is 2.19. The lowest BCUT2D eigenvalue weighted by Gasteiger charge is -2.21. The summed E-state index contributed by atoms with van der Waals surface area (Å²) in [6.45, 7) is 4.77. The summed E-state index contributed by atoms with van der Waals surface area (Å²) in [5.41, 5.74) is 2.61. The van der Waals surface area contributed by atoms with Gasteiger partial charge in [0.1, 0.15) is 13.2 Å². The van der Waals surface area contributed by atoms with Crippen LogP contribution in [-0.4, -0.2) is 21.6 Å². The smallest absolute Gasteiger partial charge is 0.216 e. The molecule has 0 aliphatic carbocycles. The molecule has 0 unspecified atom stereocenters. The van der Waals surface area contributed by atoms with Crippen LogP contribution in [0, 0.1) is 6.92 Å². The lowest BCUT2D eigenvalue weighted by molar-refractivity contribution is 0.171. The van der Waals surface area contributed by atoms with Crippen LogP contribution in [0.2, 0.25) is 0 Å². The summed E-state index contributed by atoms with van der Waals surface area (Å²) in [4.78, 5) is 0. The maximum absolute atomic E-state index is 12.5. The Labute approximate surface area is 142 Å². The Morgan fingerprint density at radius 1 is 1.08 bits per heavy atom. The summed E-state index contributed by atoms with van der Waals surface area (Å²) in [6, 6.07) is 12.6. The van der Waals surface area contributed by atoms with E-state index in [2.05, 4.69) is 4.72 Å². The number of fused-ring (bicyclic) bond motifs is 1. The normalized spacial score (nSPS) is 15.1. The highest BCUT2D eigenvalue weighted by atomic mass is 32.2. The van der Waals surface area contributed by atoms with Gasteiger partial charge in [-0.2, -0.15) is 0 Å². The fraction of sp³-hybridized carbons (Fsp3) is 0.333. The third-order valence-electron chi connectivity index (χ3n) is 4.03. The molecule has 0 saturated heterocycles. The van der Waals surface area contributed by atoms with Gasteiger partial charge in [0.15, 0.2) is 11.5 Å². The zero-order valence-corrected chi connectivity index (χ0v) is 14.6. The lowest BCUT2D eigenvalue weighted by Crippen LogP contribution is -2.28. The van der Waals surface area contributed by atoms with Crippen LogP contribution in [0.3, 0.4) is 0 Å². The molecule has 1 aliphatic rings. The molecule has 1 heterocycles. The minimum Gasteiger partial charge on any atom is -0.486 e. The van der Waals surface area contributed by atoms with E-state index >= 15 is 0 Å². The number of hydrogen-bond acceptors (Lipinski definition) is 4. The SMILES string of the molecule is Cc1ccccc1CS(=O)(=O)N[C@H](C)c1ccc2c(c1)OCCO2. The standard InChI is InChI=1S/C18H21NO4S/c1-13-5-3-4-6-16(13)12-24(20,21)19-14(2)15-7-8-17-18(11-15)23-10-9-22-17/h3-8,11,14,19H,9-10,12H2,1-2H3/t14-/m1/s1. The third-order valence-corrected chi connectivity index (χ3v) is 5.43. The van der Waals surface area contributed by atoms with E-state index in [1.807, 2.05) is 56.3 Å². The van der Waals surface area contributed by atoms with Crippen LogP contribution in [0.1, 0.15) is 29.7 Å². The van der Waals surface area contributed by atoms with Gasteiger partial charge in [-0.15, -0.1) is 0 Å². The van der Waals surface area contributed by atoms with Gasteiger partial charge in [-0.3, -0.25) is 0 Å². The van der Waals surface area contributed by atoms with Gasteiger partial charge in [-0.05, 0) is 42.7 Å². The van der Waals surface area contributed by atoms with Crippen LogP contribution in [0.4, 0.5) is 0 Å². The second kappa shape index (κ2) is 6.83. The Kier molecular flexibility index (Phi) is 4.78. The topological polar surface area (TPSA) is 64.6 Å². The van der Waals surface area contributed by atoms with Crippen molar-refractivity contribution in [3.05, 3.63) is 59.2 Å². The molecule has 1 atom stereocenters. The van der Waals surface area contributed by atoms with Crippen molar-refractivity contribution in [1.82, 2.24) is 4.72 Å². The number of nitrogens with one attached hydrogen (secondary N) is 1. The lowest BCUT2D eigenvalue weighted by atomic mass is 10.1. The number of benzene rings is 2. The van der Waals surface area contributed by atoms with Gasteiger partial charge in [-0.25, -0.2) is 13.1 Å². The molecule has 5 nitrogen and oxygen atoms in total. The van der Waals surface area contributed by atoms with Crippen molar-refractivity contribution in [2.75, 3.05) is 13.2 Å². The van der Waals surface area contributed by atoms with E-state index < -0.39 is 10.0 Å². The number of aryl methyl sites for hydroxylation is 1. The van der Waals surface area contributed by atoms with Gasteiger partial charge in [0.05, 0.1) is 5.75 Å². The Bertz CT molecular complexity index is 833. The van der Waals surface area contributed by atoms with E-state index in [0.717, 1.165) is 16.7 Å². The molecule has 6 heteroatoms. The molecule has 0 fully saturated rings. The zero-order chi connectivity index (χ0) is 17.2. The zero-order valence-electron chi connectivity index (χ0n) is 13.8. The maximum Gasteiger partial charge on any atom is 0.216 e. The molecule has 0 amide bonds. The predicted octanol–water partition coefficient (Wildman–Crippen LogP) is 2.95. The van der Waals surface area contributed by atoms with Crippen LogP contribution < -0.4 is 14.2 Å². The first-order valence-corrected chi connectivity index (χ1v) is 9.54. The van der Waals surface area contributed by atoms with Gasteiger partial charge in [0.25, 0.3) is 0 Å². The molecule has 2 aromatic rings. The van der Waals surface area contributed by atoms with Gasteiger partial charge >= 0.3 is 0 Å². The predicted molar refractivity (Wildman–Crippen MR) is 92.8 cm³/mol. The number of hydrogen-bond donors (Lipinski definition) is 1. The minimum atomic E-state index is -3.45. The largest absolute Gasteiger partial charge is 0.486 e. The number of rotatable bonds is 5. The molecule has 0 bridgehead atoms. The second-order valence-corrected chi connectivity index (χ2v) is 7.68. The van der Waals surface area contributed by atoms with Crippen molar-refractivity contribution < 1.29 is 17.9 Å². The van der Waals surface area contributed by atoms with Crippen LogP contribution in [0.25, 0.3) is 0 Å². The van der Waals surface area contributed by atoms with Crippen molar-refractivity contribution >= 4 is 10.0 Å². The summed E-state index contributed by atoms with van der Waals surface area (Å²) in [6.07, 6.45) is 0. The minimum absolute atomic E-state index is 0.0332. The average molecular weight is 347 g/mol.